The van der Waals surface area contributed by atoms with Crippen molar-refractivity contribution < 1.29 is 12.6 Å². The summed E-state index contributed by atoms with van der Waals surface area (Å²) in [7, 11) is -3.85. The Kier molecular flexibility index (Phi) is 3.89. The van der Waals surface area contributed by atoms with Crippen LogP contribution in [0, 0.1) is 0 Å². The molecule has 82 valence electrons. The fraction of sp³-hybridized carbons (Fsp3) is 0. The Balaban J connectivity index is 3.17. The van der Waals surface area contributed by atoms with Gasteiger partial charge in [-0.25, -0.2) is 0 Å². The molecular weight excluding hydrogens is 283 g/mol. The van der Waals surface area contributed by atoms with Gasteiger partial charge in [-0.2, -0.15) is 8.42 Å². The quantitative estimate of drug-likeness (QED) is 0.631. The largest absolute Gasteiger partial charge is 0.378 e. The van der Waals surface area contributed by atoms with E-state index in [4.69, 9.17) is 34.8 Å². The van der Waals surface area contributed by atoms with Crippen LogP contribution >= 0.6 is 34.8 Å². The van der Waals surface area contributed by atoms with Crippen molar-refractivity contribution in [3.8, 4) is 5.75 Å². The van der Waals surface area contributed by atoms with E-state index >= 15 is 0 Å². The highest BCUT2D eigenvalue weighted by atomic mass is 35.5. The van der Waals surface area contributed by atoms with E-state index in [-0.39, 0.29) is 20.8 Å². The minimum atomic E-state index is -3.85. The first kappa shape index (κ1) is 12.6. The Hall–Kier alpha value is -0.420. The summed E-state index contributed by atoms with van der Waals surface area (Å²) in [4.78, 5) is 0. The molecule has 0 atom stereocenters. The molecule has 0 radical (unpaired) electrons. The Bertz CT molecular complexity index is 496. The third-order valence-corrected chi connectivity index (χ3v) is 3.22. The molecule has 0 unspecified atom stereocenters. The Morgan fingerprint density at radius 1 is 1.13 bits per heavy atom. The van der Waals surface area contributed by atoms with Gasteiger partial charge in [-0.3, -0.25) is 0 Å². The van der Waals surface area contributed by atoms with Crippen molar-refractivity contribution in [1.29, 1.82) is 0 Å². The zero-order valence-electron chi connectivity index (χ0n) is 7.21. The van der Waals surface area contributed by atoms with Crippen molar-refractivity contribution in [2.24, 2.45) is 0 Å². The number of rotatable bonds is 3. The van der Waals surface area contributed by atoms with Gasteiger partial charge < -0.3 is 4.18 Å². The molecule has 7 heteroatoms. The van der Waals surface area contributed by atoms with Crippen LogP contribution in [0.2, 0.25) is 15.1 Å². The van der Waals surface area contributed by atoms with Gasteiger partial charge in [0.25, 0.3) is 0 Å². The molecule has 3 nitrogen and oxygen atoms in total. The average molecular weight is 288 g/mol. The topological polar surface area (TPSA) is 43.4 Å². The SMILES string of the molecule is C=CS(=O)(=O)Oc1cc(Cl)c(Cl)cc1Cl. The smallest absolute Gasteiger partial charge is 0.331 e. The number of benzene rings is 1. The van der Waals surface area contributed by atoms with Crippen LogP contribution in [0.4, 0.5) is 0 Å². The molecule has 15 heavy (non-hydrogen) atoms. The lowest BCUT2D eigenvalue weighted by Crippen LogP contribution is -2.04. The second kappa shape index (κ2) is 4.61. The van der Waals surface area contributed by atoms with Gasteiger partial charge in [0.1, 0.15) is 0 Å². The zero-order chi connectivity index (χ0) is 11.6. The molecule has 0 saturated heterocycles. The van der Waals surface area contributed by atoms with Crippen LogP contribution in [0.1, 0.15) is 0 Å². The fourth-order valence-corrected chi connectivity index (χ4v) is 1.80. The predicted molar refractivity (Wildman–Crippen MR) is 61.2 cm³/mol. The zero-order valence-corrected chi connectivity index (χ0v) is 10.3. The first-order valence-corrected chi connectivity index (χ1v) is 6.18. The third kappa shape index (κ3) is 3.28. The summed E-state index contributed by atoms with van der Waals surface area (Å²) in [5.74, 6) is -0.0917. The lowest BCUT2D eigenvalue weighted by Gasteiger charge is -2.06. The van der Waals surface area contributed by atoms with Gasteiger partial charge in [0.05, 0.1) is 20.5 Å². The number of hydrogen-bond acceptors (Lipinski definition) is 3. The second-order valence-corrected chi connectivity index (χ2v) is 5.15. The molecule has 0 bridgehead atoms. The molecule has 1 aromatic carbocycles. The first-order valence-electron chi connectivity index (χ1n) is 3.57. The van der Waals surface area contributed by atoms with Gasteiger partial charge in [0.15, 0.2) is 5.75 Å². The normalized spacial score (nSPS) is 11.1. The Morgan fingerprint density at radius 2 is 1.67 bits per heavy atom. The molecule has 0 aromatic heterocycles. The van der Waals surface area contributed by atoms with E-state index in [1.54, 1.807) is 0 Å². The van der Waals surface area contributed by atoms with Crippen molar-refractivity contribution in [2.45, 2.75) is 0 Å². The van der Waals surface area contributed by atoms with Gasteiger partial charge in [-0.15, -0.1) is 0 Å². The molecule has 1 aromatic rings. The first-order chi connectivity index (χ1) is 6.85. The van der Waals surface area contributed by atoms with Crippen molar-refractivity contribution in [3.05, 3.63) is 39.2 Å². The van der Waals surface area contributed by atoms with Crippen molar-refractivity contribution >= 4 is 44.9 Å². The Labute approximate surface area is 102 Å². The van der Waals surface area contributed by atoms with Crippen LogP contribution in [0.15, 0.2) is 24.1 Å². The van der Waals surface area contributed by atoms with Gasteiger partial charge in [0.2, 0.25) is 0 Å². The van der Waals surface area contributed by atoms with E-state index in [9.17, 15) is 8.42 Å². The lowest BCUT2D eigenvalue weighted by molar-refractivity contribution is 0.497. The summed E-state index contributed by atoms with van der Waals surface area (Å²) in [6, 6.07) is 2.51. The molecule has 0 saturated carbocycles. The molecule has 1 rings (SSSR count). The van der Waals surface area contributed by atoms with Gasteiger partial charge in [0, 0.05) is 6.07 Å². The van der Waals surface area contributed by atoms with Gasteiger partial charge in [-0.05, 0) is 6.07 Å². The highest BCUT2D eigenvalue weighted by molar-refractivity contribution is 7.90. The number of hydrogen-bond donors (Lipinski definition) is 0. The number of halogens is 3. The monoisotopic (exact) mass is 286 g/mol. The van der Waals surface area contributed by atoms with Crippen LogP contribution in [0.5, 0.6) is 5.75 Å². The summed E-state index contributed by atoms with van der Waals surface area (Å²) in [6.07, 6.45) is 0. The van der Waals surface area contributed by atoms with E-state index in [2.05, 4.69) is 10.8 Å². The highest BCUT2D eigenvalue weighted by Crippen LogP contribution is 2.34. The van der Waals surface area contributed by atoms with Crippen molar-refractivity contribution in [2.75, 3.05) is 0 Å². The second-order valence-electron chi connectivity index (χ2n) is 2.44. The highest BCUT2D eigenvalue weighted by Gasteiger charge is 2.13. The minimum Gasteiger partial charge on any atom is -0.378 e. The molecule has 0 aliphatic heterocycles. The standard InChI is InChI=1S/C8H5Cl3O3S/c1-2-15(12,13)14-8-4-6(10)5(9)3-7(8)11/h2-4H,1H2. The van der Waals surface area contributed by atoms with Crippen LogP contribution in [-0.4, -0.2) is 8.42 Å². The van der Waals surface area contributed by atoms with Crippen molar-refractivity contribution in [1.82, 2.24) is 0 Å². The Morgan fingerprint density at radius 3 is 2.20 bits per heavy atom. The van der Waals surface area contributed by atoms with Crippen LogP contribution in [-0.2, 0) is 10.1 Å². The molecule has 0 heterocycles. The molecule has 0 spiro atoms. The van der Waals surface area contributed by atoms with E-state index < -0.39 is 10.1 Å². The average Bonchev–Trinajstić information content (AvgIpc) is 2.14. The van der Waals surface area contributed by atoms with E-state index in [1.165, 1.54) is 12.1 Å². The molecule has 0 aliphatic carbocycles. The summed E-state index contributed by atoms with van der Waals surface area (Å²) in [5, 5.41) is 1.07. The maximum Gasteiger partial charge on any atom is 0.331 e. The van der Waals surface area contributed by atoms with Crippen LogP contribution in [0.25, 0.3) is 0 Å². The summed E-state index contributed by atoms with van der Waals surface area (Å²) in [5.41, 5.74) is 0. The molecule has 0 fully saturated rings. The summed E-state index contributed by atoms with van der Waals surface area (Å²) < 4.78 is 26.7. The third-order valence-electron chi connectivity index (χ3n) is 1.38. The van der Waals surface area contributed by atoms with Gasteiger partial charge in [-0.1, -0.05) is 41.4 Å². The minimum absolute atomic E-state index is 0.0508. The lowest BCUT2D eigenvalue weighted by atomic mass is 10.3. The van der Waals surface area contributed by atoms with E-state index in [1.807, 2.05) is 0 Å². The predicted octanol–water partition coefficient (Wildman–Crippen LogP) is 3.50. The summed E-state index contributed by atoms with van der Waals surface area (Å²) in [6.45, 7) is 3.08. The fourth-order valence-electron chi connectivity index (χ4n) is 0.727. The van der Waals surface area contributed by atoms with Gasteiger partial charge >= 0.3 is 10.1 Å². The maximum absolute atomic E-state index is 11.0. The summed E-state index contributed by atoms with van der Waals surface area (Å²) >= 11 is 17.0. The maximum atomic E-state index is 11.0. The molecule has 0 aliphatic rings. The molecule has 0 amide bonds. The molecular formula is C8H5Cl3O3S. The molecule has 0 N–H and O–H groups in total. The van der Waals surface area contributed by atoms with E-state index in [0.717, 1.165) is 0 Å². The van der Waals surface area contributed by atoms with E-state index in [0.29, 0.717) is 5.41 Å². The van der Waals surface area contributed by atoms with Crippen LogP contribution < -0.4 is 4.18 Å². The van der Waals surface area contributed by atoms with Crippen LogP contribution in [0.3, 0.4) is 0 Å². The van der Waals surface area contributed by atoms with Crippen molar-refractivity contribution in [3.63, 3.8) is 0 Å².